The topological polar surface area (TPSA) is 99.2 Å². The van der Waals surface area contributed by atoms with Crippen LogP contribution in [0, 0.1) is 12.7 Å². The zero-order valence-electron chi connectivity index (χ0n) is 19.3. The SMILES string of the molecule is C=CC(=O)N1CCC[C@@H](n2nc(-c3ccc(Oc4ccc(F)cc4)c(C)c3)c3c(N)ncnc32)C1. The molecule has 9 heteroatoms. The molecule has 0 unspecified atom stereocenters. The Morgan fingerprint density at radius 2 is 2.03 bits per heavy atom. The standard InChI is InChI=1S/C26H25FN6O2/c1-3-22(34)32-12-4-5-19(14-32)33-26-23(25(28)29-15-30-26)24(31-33)17-6-11-21(16(2)13-17)35-20-9-7-18(27)8-10-20/h3,6-11,13,15,19H,1,4-5,12,14H2,2H3,(H2,28,29,30)/t19-/m1/s1. The number of aromatic nitrogens is 4. The average Bonchev–Trinajstić information content (AvgIpc) is 3.27. The van der Waals surface area contributed by atoms with Gasteiger partial charge in [-0.25, -0.2) is 19.0 Å². The van der Waals surface area contributed by atoms with Gasteiger partial charge in [0.05, 0.1) is 11.4 Å². The van der Waals surface area contributed by atoms with E-state index in [0.29, 0.717) is 47.1 Å². The summed E-state index contributed by atoms with van der Waals surface area (Å²) < 4.78 is 21.0. The third kappa shape index (κ3) is 4.32. The minimum absolute atomic E-state index is 0.0413. The van der Waals surface area contributed by atoms with E-state index in [4.69, 9.17) is 15.6 Å². The fraction of sp³-hybridized carbons (Fsp3) is 0.231. The minimum atomic E-state index is -0.318. The number of amides is 1. The van der Waals surface area contributed by atoms with Crippen LogP contribution in [0.15, 0.2) is 61.4 Å². The molecule has 0 spiro atoms. The molecule has 4 aromatic rings. The van der Waals surface area contributed by atoms with Gasteiger partial charge in [-0.3, -0.25) is 4.79 Å². The van der Waals surface area contributed by atoms with Crippen molar-refractivity contribution in [3.8, 4) is 22.8 Å². The van der Waals surface area contributed by atoms with Crippen LogP contribution in [0.4, 0.5) is 10.2 Å². The zero-order chi connectivity index (χ0) is 24.5. The molecule has 8 nitrogen and oxygen atoms in total. The number of benzene rings is 2. The Hall–Kier alpha value is -4.27. The first kappa shape index (κ1) is 22.5. The van der Waals surface area contributed by atoms with Crippen LogP contribution in [-0.2, 0) is 4.79 Å². The van der Waals surface area contributed by atoms with E-state index in [-0.39, 0.29) is 17.8 Å². The summed E-state index contributed by atoms with van der Waals surface area (Å²) in [4.78, 5) is 22.7. The lowest BCUT2D eigenvalue weighted by atomic mass is 10.1. The van der Waals surface area contributed by atoms with Crippen LogP contribution in [0.3, 0.4) is 0 Å². The first-order valence-electron chi connectivity index (χ1n) is 11.4. The van der Waals surface area contributed by atoms with Gasteiger partial charge in [0, 0.05) is 18.7 Å². The van der Waals surface area contributed by atoms with Crippen LogP contribution in [0.1, 0.15) is 24.4 Å². The summed E-state index contributed by atoms with van der Waals surface area (Å²) in [5, 5.41) is 5.59. The van der Waals surface area contributed by atoms with Crippen LogP contribution >= 0.6 is 0 Å². The molecule has 178 valence electrons. The van der Waals surface area contributed by atoms with Gasteiger partial charge in [0.2, 0.25) is 5.91 Å². The lowest BCUT2D eigenvalue weighted by Crippen LogP contribution is -2.40. The van der Waals surface area contributed by atoms with Crippen molar-refractivity contribution in [3.05, 3.63) is 72.8 Å². The minimum Gasteiger partial charge on any atom is -0.457 e. The number of ether oxygens (including phenoxy) is 1. The number of nitrogens with two attached hydrogens (primary N) is 1. The molecular weight excluding hydrogens is 447 g/mol. The molecule has 1 atom stereocenters. The van der Waals surface area contributed by atoms with E-state index >= 15 is 0 Å². The van der Waals surface area contributed by atoms with Crippen LogP contribution in [0.2, 0.25) is 0 Å². The van der Waals surface area contributed by atoms with Gasteiger partial charge in [0.1, 0.15) is 35.2 Å². The molecule has 0 saturated carbocycles. The Morgan fingerprint density at radius 1 is 1.23 bits per heavy atom. The number of piperidine rings is 1. The van der Waals surface area contributed by atoms with Gasteiger partial charge >= 0.3 is 0 Å². The van der Waals surface area contributed by atoms with Gasteiger partial charge in [-0.05, 0) is 73.9 Å². The van der Waals surface area contributed by atoms with Crippen molar-refractivity contribution in [2.75, 3.05) is 18.8 Å². The quantitative estimate of drug-likeness (QED) is 0.424. The normalized spacial score (nSPS) is 15.8. The Balaban J connectivity index is 1.52. The molecule has 5 rings (SSSR count). The Bertz CT molecular complexity index is 1420. The molecule has 2 N–H and O–H groups in total. The highest BCUT2D eigenvalue weighted by atomic mass is 19.1. The molecule has 35 heavy (non-hydrogen) atoms. The second-order valence-electron chi connectivity index (χ2n) is 8.57. The molecule has 1 aliphatic rings. The van der Waals surface area contributed by atoms with Crippen LogP contribution in [0.5, 0.6) is 11.5 Å². The molecule has 1 amide bonds. The molecule has 1 aliphatic heterocycles. The highest BCUT2D eigenvalue weighted by molar-refractivity contribution is 5.98. The Kier molecular flexibility index (Phi) is 5.90. The number of nitrogen functional groups attached to an aromatic ring is 1. The number of rotatable bonds is 5. The lowest BCUT2D eigenvalue weighted by molar-refractivity contribution is -0.127. The van der Waals surface area contributed by atoms with Gasteiger partial charge in [0.25, 0.3) is 0 Å². The average molecular weight is 473 g/mol. The summed E-state index contributed by atoms with van der Waals surface area (Å²) in [6.45, 7) is 6.75. The highest BCUT2D eigenvalue weighted by Crippen LogP contribution is 2.36. The fourth-order valence-corrected chi connectivity index (χ4v) is 4.48. The van der Waals surface area contributed by atoms with E-state index in [9.17, 15) is 9.18 Å². The molecular formula is C26H25FN6O2. The second-order valence-corrected chi connectivity index (χ2v) is 8.57. The summed E-state index contributed by atoms with van der Waals surface area (Å²) in [5.74, 6) is 1.13. The fourth-order valence-electron chi connectivity index (χ4n) is 4.48. The van der Waals surface area contributed by atoms with Crippen molar-refractivity contribution in [1.29, 1.82) is 0 Å². The number of anilines is 1. The van der Waals surface area contributed by atoms with E-state index in [1.54, 1.807) is 17.0 Å². The van der Waals surface area contributed by atoms with Crippen molar-refractivity contribution in [3.63, 3.8) is 0 Å². The van der Waals surface area contributed by atoms with Crippen molar-refractivity contribution >= 4 is 22.8 Å². The largest absolute Gasteiger partial charge is 0.457 e. The summed E-state index contributed by atoms with van der Waals surface area (Å²) in [6.07, 6.45) is 4.49. The number of hydrogen-bond donors (Lipinski definition) is 1. The second kappa shape index (κ2) is 9.17. The Labute approximate surface area is 201 Å². The van der Waals surface area contributed by atoms with Crippen molar-refractivity contribution in [2.24, 2.45) is 0 Å². The monoisotopic (exact) mass is 472 g/mol. The van der Waals surface area contributed by atoms with Crippen LogP contribution in [0.25, 0.3) is 22.3 Å². The highest BCUT2D eigenvalue weighted by Gasteiger charge is 2.28. The summed E-state index contributed by atoms with van der Waals surface area (Å²) in [7, 11) is 0. The predicted molar refractivity (Wildman–Crippen MR) is 131 cm³/mol. The van der Waals surface area contributed by atoms with E-state index in [2.05, 4.69) is 16.5 Å². The molecule has 3 heterocycles. The van der Waals surface area contributed by atoms with Gasteiger partial charge < -0.3 is 15.4 Å². The number of halogens is 1. The first-order chi connectivity index (χ1) is 16.9. The number of likely N-dealkylation sites (tertiary alicyclic amines) is 1. The van der Waals surface area contributed by atoms with Crippen molar-refractivity contribution in [2.45, 2.75) is 25.8 Å². The number of fused-ring (bicyclic) bond motifs is 1. The van der Waals surface area contributed by atoms with E-state index in [1.807, 2.05) is 29.8 Å². The maximum atomic E-state index is 13.2. The summed E-state index contributed by atoms with van der Waals surface area (Å²) in [6, 6.07) is 11.6. The van der Waals surface area contributed by atoms with E-state index in [1.165, 1.54) is 24.5 Å². The number of aryl methyl sites for hydroxylation is 1. The summed E-state index contributed by atoms with van der Waals surface area (Å²) in [5.41, 5.74) is 9.30. The molecule has 2 aromatic heterocycles. The third-order valence-electron chi connectivity index (χ3n) is 6.24. The number of carbonyl (C=O) groups excluding carboxylic acids is 1. The Morgan fingerprint density at radius 3 is 2.77 bits per heavy atom. The summed E-state index contributed by atoms with van der Waals surface area (Å²) >= 11 is 0. The number of nitrogens with zero attached hydrogens (tertiary/aromatic N) is 5. The van der Waals surface area contributed by atoms with Gasteiger partial charge in [-0.15, -0.1) is 0 Å². The molecule has 0 bridgehead atoms. The molecule has 1 saturated heterocycles. The van der Waals surface area contributed by atoms with Crippen molar-refractivity contribution < 1.29 is 13.9 Å². The van der Waals surface area contributed by atoms with Gasteiger partial charge in [0.15, 0.2) is 5.65 Å². The van der Waals surface area contributed by atoms with E-state index in [0.717, 1.165) is 24.0 Å². The predicted octanol–water partition coefficient (Wildman–Crippen LogP) is 4.66. The van der Waals surface area contributed by atoms with Crippen LogP contribution < -0.4 is 10.5 Å². The smallest absolute Gasteiger partial charge is 0.246 e. The molecule has 2 aromatic carbocycles. The maximum absolute atomic E-state index is 13.2. The van der Waals surface area contributed by atoms with Crippen molar-refractivity contribution in [1.82, 2.24) is 24.6 Å². The lowest BCUT2D eigenvalue weighted by Gasteiger charge is -2.32. The first-order valence-corrected chi connectivity index (χ1v) is 11.4. The number of carbonyl (C=O) groups is 1. The molecule has 0 radical (unpaired) electrons. The number of hydrogen-bond acceptors (Lipinski definition) is 6. The van der Waals surface area contributed by atoms with Gasteiger partial charge in [-0.2, -0.15) is 5.10 Å². The maximum Gasteiger partial charge on any atom is 0.246 e. The third-order valence-corrected chi connectivity index (χ3v) is 6.24. The zero-order valence-corrected chi connectivity index (χ0v) is 19.3. The van der Waals surface area contributed by atoms with Crippen LogP contribution in [-0.4, -0.2) is 43.6 Å². The molecule has 1 fully saturated rings. The van der Waals surface area contributed by atoms with Gasteiger partial charge in [-0.1, -0.05) is 6.58 Å². The molecule has 0 aliphatic carbocycles. The van der Waals surface area contributed by atoms with E-state index < -0.39 is 0 Å².